The fourth-order valence-corrected chi connectivity index (χ4v) is 2.79. The van der Waals surface area contributed by atoms with Crippen molar-refractivity contribution in [3.05, 3.63) is 95.1 Å². The molecular weight excluding hydrogens is 368 g/mol. The molecule has 0 aliphatic rings. The average Bonchev–Trinajstić information content (AvgIpc) is 2.76. The third-order valence-corrected chi connectivity index (χ3v) is 4.36. The van der Waals surface area contributed by atoms with E-state index in [-0.39, 0.29) is 12.4 Å². The summed E-state index contributed by atoms with van der Waals surface area (Å²) >= 11 is 0. The fraction of sp³-hybridized carbons (Fsp3) is 0.167. The Morgan fingerprint density at radius 3 is 2.34 bits per heavy atom. The molecule has 0 aliphatic heterocycles. The lowest BCUT2D eigenvalue weighted by atomic mass is 10.1. The molecule has 3 aromatic carbocycles. The topological polar surface area (TPSA) is 61.8 Å². The van der Waals surface area contributed by atoms with Crippen LogP contribution in [-0.2, 0) is 18.0 Å². The number of Topliss-reactive ketones (excluding diaryl/α,β-unsaturated/α-hetero) is 1. The fourth-order valence-electron chi connectivity index (χ4n) is 2.79. The van der Waals surface area contributed by atoms with Gasteiger partial charge in [-0.3, -0.25) is 4.79 Å². The molecule has 0 amide bonds. The molecule has 0 fully saturated rings. The molecule has 148 valence electrons. The van der Waals surface area contributed by atoms with Crippen LogP contribution in [0.3, 0.4) is 0 Å². The first-order valence-corrected chi connectivity index (χ1v) is 9.18. The smallest absolute Gasteiger partial charge is 0.338 e. The molecule has 0 saturated heterocycles. The maximum atomic E-state index is 12.5. The minimum Gasteiger partial charge on any atom is -0.496 e. The van der Waals surface area contributed by atoms with Crippen molar-refractivity contribution in [1.29, 1.82) is 0 Å². The van der Waals surface area contributed by atoms with Gasteiger partial charge in [0, 0.05) is 11.1 Å². The zero-order valence-electron chi connectivity index (χ0n) is 16.4. The van der Waals surface area contributed by atoms with Gasteiger partial charge in [-0.25, -0.2) is 4.79 Å². The lowest BCUT2D eigenvalue weighted by molar-refractivity contribution is 0.0469. The van der Waals surface area contributed by atoms with Crippen LogP contribution in [0.25, 0.3) is 0 Å². The molecule has 3 rings (SSSR count). The van der Waals surface area contributed by atoms with E-state index < -0.39 is 5.97 Å². The van der Waals surface area contributed by atoms with Gasteiger partial charge < -0.3 is 14.2 Å². The van der Waals surface area contributed by atoms with Gasteiger partial charge in [-0.15, -0.1) is 0 Å². The molecule has 0 bridgehead atoms. The third kappa shape index (κ3) is 5.45. The van der Waals surface area contributed by atoms with Crippen LogP contribution in [0.2, 0.25) is 0 Å². The molecule has 0 spiro atoms. The Balaban J connectivity index is 1.65. The quantitative estimate of drug-likeness (QED) is 0.407. The molecule has 0 atom stereocenters. The summed E-state index contributed by atoms with van der Waals surface area (Å²) in [4.78, 5) is 24.1. The molecule has 0 heterocycles. The Morgan fingerprint density at radius 2 is 1.62 bits per heavy atom. The molecule has 29 heavy (non-hydrogen) atoms. The van der Waals surface area contributed by atoms with Crippen molar-refractivity contribution in [2.24, 2.45) is 0 Å². The molecule has 0 aromatic heterocycles. The van der Waals surface area contributed by atoms with E-state index in [1.165, 1.54) is 14.0 Å². The average molecular weight is 390 g/mol. The van der Waals surface area contributed by atoms with E-state index in [0.29, 0.717) is 34.8 Å². The van der Waals surface area contributed by atoms with E-state index in [1.807, 2.05) is 30.3 Å². The van der Waals surface area contributed by atoms with Gasteiger partial charge in [0.25, 0.3) is 0 Å². The molecule has 0 saturated carbocycles. The predicted molar refractivity (Wildman–Crippen MR) is 109 cm³/mol. The van der Waals surface area contributed by atoms with E-state index in [0.717, 1.165) is 5.56 Å². The van der Waals surface area contributed by atoms with Gasteiger partial charge in [-0.2, -0.15) is 0 Å². The van der Waals surface area contributed by atoms with Crippen molar-refractivity contribution >= 4 is 11.8 Å². The number of methoxy groups -OCH3 is 1. The number of hydrogen-bond donors (Lipinski definition) is 0. The molecule has 0 N–H and O–H groups in total. The van der Waals surface area contributed by atoms with Gasteiger partial charge in [0.1, 0.15) is 24.7 Å². The standard InChI is InChI=1S/C24H22O5/c1-17(25)19-11-12-23(27-2)21(13-19)16-29-24(26)20-9-6-10-22(14-20)28-15-18-7-4-3-5-8-18/h3-14H,15-16H2,1-2H3. The van der Waals surface area contributed by atoms with Crippen LogP contribution in [0.5, 0.6) is 11.5 Å². The van der Waals surface area contributed by atoms with Gasteiger partial charge in [0.2, 0.25) is 0 Å². The Bertz CT molecular complexity index is 995. The van der Waals surface area contributed by atoms with Crippen LogP contribution in [0.4, 0.5) is 0 Å². The highest BCUT2D eigenvalue weighted by atomic mass is 16.5. The number of esters is 1. The molecule has 5 nitrogen and oxygen atoms in total. The predicted octanol–water partition coefficient (Wildman–Crippen LogP) is 4.83. The molecule has 0 aliphatic carbocycles. The van der Waals surface area contributed by atoms with E-state index >= 15 is 0 Å². The summed E-state index contributed by atoms with van der Waals surface area (Å²) in [5.74, 6) is 0.594. The summed E-state index contributed by atoms with van der Waals surface area (Å²) in [6.07, 6.45) is 0. The zero-order valence-corrected chi connectivity index (χ0v) is 16.4. The monoisotopic (exact) mass is 390 g/mol. The first-order chi connectivity index (χ1) is 14.1. The second-order valence-electron chi connectivity index (χ2n) is 6.46. The van der Waals surface area contributed by atoms with Crippen molar-refractivity contribution < 1.29 is 23.8 Å². The van der Waals surface area contributed by atoms with Crippen LogP contribution in [-0.4, -0.2) is 18.9 Å². The largest absolute Gasteiger partial charge is 0.496 e. The zero-order chi connectivity index (χ0) is 20.6. The van der Waals surface area contributed by atoms with Gasteiger partial charge in [-0.1, -0.05) is 36.4 Å². The maximum absolute atomic E-state index is 12.5. The Labute approximate surface area is 169 Å². The summed E-state index contributed by atoms with van der Waals surface area (Å²) in [6.45, 7) is 1.89. The number of carbonyl (C=O) groups excluding carboxylic acids is 2. The molecule has 5 heteroatoms. The van der Waals surface area contributed by atoms with E-state index in [4.69, 9.17) is 14.2 Å². The van der Waals surface area contributed by atoms with Crippen LogP contribution in [0, 0.1) is 0 Å². The lowest BCUT2D eigenvalue weighted by Gasteiger charge is -2.11. The minimum atomic E-state index is -0.481. The highest BCUT2D eigenvalue weighted by Crippen LogP contribution is 2.22. The van der Waals surface area contributed by atoms with Gasteiger partial charge in [0.05, 0.1) is 12.7 Å². The van der Waals surface area contributed by atoms with Crippen LogP contribution >= 0.6 is 0 Å². The van der Waals surface area contributed by atoms with Gasteiger partial charge in [-0.05, 0) is 48.9 Å². The molecular formula is C24H22O5. The molecule has 3 aromatic rings. The van der Waals surface area contributed by atoms with E-state index in [1.54, 1.807) is 42.5 Å². The number of ketones is 1. The van der Waals surface area contributed by atoms with Crippen molar-refractivity contribution in [1.82, 2.24) is 0 Å². The number of hydrogen-bond acceptors (Lipinski definition) is 5. The number of carbonyl (C=O) groups is 2. The summed E-state index contributed by atoms with van der Waals surface area (Å²) in [6, 6.07) is 21.7. The van der Waals surface area contributed by atoms with E-state index in [2.05, 4.69) is 0 Å². The van der Waals surface area contributed by atoms with Crippen LogP contribution in [0.15, 0.2) is 72.8 Å². The molecule has 0 radical (unpaired) electrons. The van der Waals surface area contributed by atoms with Crippen LogP contribution in [0.1, 0.15) is 38.8 Å². The summed E-state index contributed by atoms with van der Waals surface area (Å²) in [7, 11) is 1.53. The summed E-state index contributed by atoms with van der Waals surface area (Å²) in [5, 5.41) is 0. The highest BCUT2D eigenvalue weighted by molar-refractivity contribution is 5.94. The first kappa shape index (κ1) is 20.1. The Hall–Kier alpha value is -3.60. The number of rotatable bonds is 8. The second kappa shape index (κ2) is 9.55. The third-order valence-electron chi connectivity index (χ3n) is 4.36. The second-order valence-corrected chi connectivity index (χ2v) is 6.46. The SMILES string of the molecule is COc1ccc(C(C)=O)cc1COC(=O)c1cccc(OCc2ccccc2)c1. The minimum absolute atomic E-state index is 0.00176. The first-order valence-electron chi connectivity index (χ1n) is 9.18. The summed E-state index contributed by atoms with van der Waals surface area (Å²) in [5.41, 5.74) is 2.59. The van der Waals surface area contributed by atoms with Crippen molar-refractivity contribution in [3.8, 4) is 11.5 Å². The lowest BCUT2D eigenvalue weighted by Crippen LogP contribution is -2.07. The van der Waals surface area contributed by atoms with E-state index in [9.17, 15) is 9.59 Å². The highest BCUT2D eigenvalue weighted by Gasteiger charge is 2.12. The van der Waals surface area contributed by atoms with Gasteiger partial charge in [0.15, 0.2) is 5.78 Å². The van der Waals surface area contributed by atoms with Gasteiger partial charge >= 0.3 is 5.97 Å². The maximum Gasteiger partial charge on any atom is 0.338 e. The number of benzene rings is 3. The van der Waals surface area contributed by atoms with Crippen molar-refractivity contribution in [2.45, 2.75) is 20.1 Å². The Morgan fingerprint density at radius 1 is 0.828 bits per heavy atom. The molecule has 0 unspecified atom stereocenters. The summed E-state index contributed by atoms with van der Waals surface area (Å²) < 4.78 is 16.5. The van der Waals surface area contributed by atoms with Crippen molar-refractivity contribution in [3.63, 3.8) is 0 Å². The number of ether oxygens (including phenoxy) is 3. The van der Waals surface area contributed by atoms with Crippen molar-refractivity contribution in [2.75, 3.05) is 7.11 Å². The van der Waals surface area contributed by atoms with Crippen LogP contribution < -0.4 is 9.47 Å². The normalized spacial score (nSPS) is 10.3. The Kier molecular flexibility index (Phi) is 6.63.